The molecule has 2 aliphatic rings. The molecule has 0 spiro atoms. The van der Waals surface area contributed by atoms with Crippen LogP contribution < -0.4 is 0 Å². The van der Waals surface area contributed by atoms with Crippen molar-refractivity contribution in [3.8, 4) is 0 Å². The van der Waals surface area contributed by atoms with Crippen LogP contribution in [0.1, 0.15) is 48.4 Å². The van der Waals surface area contributed by atoms with Gasteiger partial charge in [-0.25, -0.2) is 0 Å². The van der Waals surface area contributed by atoms with Gasteiger partial charge in [0.1, 0.15) is 0 Å². The third kappa shape index (κ3) is 2.71. The highest BCUT2D eigenvalue weighted by atomic mass is 16.5. The highest BCUT2D eigenvalue weighted by Crippen LogP contribution is 2.39. The summed E-state index contributed by atoms with van der Waals surface area (Å²) in [6, 6.07) is 8.08. The number of rotatable bonds is 4. The standard InChI is InChI=1S/C19H20N4O2/c24-17(9-14-10-20-16-4-2-1-3-15(14)16)23-8-7-13(11-23)19-21-18(22-25-19)12-5-6-12/h1-4,10,12-13,20H,5-9,11H2/t13-/m1/s1. The molecule has 1 aliphatic heterocycles. The summed E-state index contributed by atoms with van der Waals surface area (Å²) in [5.74, 6) is 2.38. The Morgan fingerprint density at radius 3 is 3.00 bits per heavy atom. The number of aromatic nitrogens is 3. The van der Waals surface area contributed by atoms with Crippen LogP contribution in [0.3, 0.4) is 0 Å². The highest BCUT2D eigenvalue weighted by Gasteiger charge is 2.34. The van der Waals surface area contributed by atoms with E-state index in [2.05, 4.69) is 21.2 Å². The maximum absolute atomic E-state index is 12.7. The van der Waals surface area contributed by atoms with Crippen molar-refractivity contribution in [1.82, 2.24) is 20.0 Å². The summed E-state index contributed by atoms with van der Waals surface area (Å²) in [5.41, 5.74) is 2.13. The molecule has 1 aromatic carbocycles. The first kappa shape index (κ1) is 14.7. The van der Waals surface area contributed by atoms with Gasteiger partial charge >= 0.3 is 0 Å². The average Bonchev–Trinajstić information content (AvgIpc) is 3.04. The lowest BCUT2D eigenvalue weighted by Gasteiger charge is -2.15. The van der Waals surface area contributed by atoms with Gasteiger partial charge in [-0.2, -0.15) is 4.98 Å². The Morgan fingerprint density at radius 2 is 2.12 bits per heavy atom. The van der Waals surface area contributed by atoms with Gasteiger partial charge in [0.25, 0.3) is 0 Å². The van der Waals surface area contributed by atoms with Gasteiger partial charge in [0.2, 0.25) is 11.8 Å². The van der Waals surface area contributed by atoms with Gasteiger partial charge in [0.15, 0.2) is 5.82 Å². The van der Waals surface area contributed by atoms with Crippen LogP contribution in [0.2, 0.25) is 0 Å². The van der Waals surface area contributed by atoms with Crippen molar-refractivity contribution >= 4 is 16.8 Å². The summed E-state index contributed by atoms with van der Waals surface area (Å²) in [7, 11) is 0. The Morgan fingerprint density at radius 1 is 1.24 bits per heavy atom. The van der Waals surface area contributed by atoms with Crippen LogP contribution in [0.5, 0.6) is 0 Å². The minimum Gasteiger partial charge on any atom is -0.361 e. The third-order valence-electron chi connectivity index (χ3n) is 5.31. The predicted molar refractivity (Wildman–Crippen MR) is 92.2 cm³/mol. The van der Waals surface area contributed by atoms with Crippen LogP contribution in [-0.2, 0) is 11.2 Å². The zero-order valence-corrected chi connectivity index (χ0v) is 13.9. The van der Waals surface area contributed by atoms with Crippen LogP contribution in [-0.4, -0.2) is 39.0 Å². The van der Waals surface area contributed by atoms with Crippen molar-refractivity contribution < 1.29 is 9.32 Å². The van der Waals surface area contributed by atoms with Crippen molar-refractivity contribution in [1.29, 1.82) is 0 Å². The molecule has 3 heterocycles. The molecule has 1 N–H and O–H groups in total. The predicted octanol–water partition coefficient (Wildman–Crippen LogP) is 2.99. The molecule has 1 saturated carbocycles. The Kier molecular flexibility index (Phi) is 3.36. The molecule has 0 radical (unpaired) electrons. The fourth-order valence-corrected chi connectivity index (χ4v) is 3.66. The van der Waals surface area contributed by atoms with Crippen LogP contribution in [0.4, 0.5) is 0 Å². The molecule has 3 aromatic rings. The van der Waals surface area contributed by atoms with E-state index >= 15 is 0 Å². The number of fused-ring (bicyclic) bond motifs is 1. The number of para-hydroxylation sites is 1. The molecule has 0 bridgehead atoms. The molecule has 2 fully saturated rings. The maximum Gasteiger partial charge on any atom is 0.231 e. The molecule has 1 aliphatic carbocycles. The summed E-state index contributed by atoms with van der Waals surface area (Å²) < 4.78 is 5.44. The first-order valence-corrected chi connectivity index (χ1v) is 8.94. The first-order valence-electron chi connectivity index (χ1n) is 8.94. The fourth-order valence-electron chi connectivity index (χ4n) is 3.66. The van der Waals surface area contributed by atoms with Gasteiger partial charge in [0, 0.05) is 36.1 Å². The molecule has 1 saturated heterocycles. The van der Waals surface area contributed by atoms with E-state index in [1.165, 1.54) is 12.8 Å². The summed E-state index contributed by atoms with van der Waals surface area (Å²) in [6.45, 7) is 1.43. The summed E-state index contributed by atoms with van der Waals surface area (Å²) in [6.07, 6.45) is 5.59. The Bertz CT molecular complexity index is 924. The van der Waals surface area contributed by atoms with Gasteiger partial charge in [0.05, 0.1) is 12.3 Å². The normalized spacial score (nSPS) is 20.5. The molecule has 1 atom stereocenters. The lowest BCUT2D eigenvalue weighted by Crippen LogP contribution is -2.29. The summed E-state index contributed by atoms with van der Waals surface area (Å²) in [5, 5.41) is 5.22. The monoisotopic (exact) mass is 336 g/mol. The lowest BCUT2D eigenvalue weighted by atomic mass is 10.1. The number of H-pyrrole nitrogens is 1. The molecule has 0 unspecified atom stereocenters. The van der Waals surface area contributed by atoms with Crippen molar-refractivity contribution in [3.63, 3.8) is 0 Å². The topological polar surface area (TPSA) is 75.0 Å². The Hall–Kier alpha value is -2.63. The zero-order valence-electron chi connectivity index (χ0n) is 13.9. The number of carbonyl (C=O) groups is 1. The SMILES string of the molecule is O=C(Cc1c[nH]c2ccccc12)N1CC[C@@H](c2nc(C3CC3)no2)C1. The number of hydrogen-bond donors (Lipinski definition) is 1. The Labute approximate surface area is 145 Å². The van der Waals surface area contributed by atoms with E-state index in [0.717, 1.165) is 35.3 Å². The fraction of sp³-hybridized carbons (Fsp3) is 0.421. The van der Waals surface area contributed by atoms with Crippen molar-refractivity contribution in [2.45, 2.75) is 37.5 Å². The minimum atomic E-state index is 0.161. The minimum absolute atomic E-state index is 0.161. The number of likely N-dealkylation sites (tertiary alicyclic amines) is 1. The molecule has 6 nitrogen and oxygen atoms in total. The second kappa shape index (κ2) is 5.72. The quantitative estimate of drug-likeness (QED) is 0.795. The van der Waals surface area contributed by atoms with Crippen molar-refractivity contribution in [2.75, 3.05) is 13.1 Å². The first-order chi connectivity index (χ1) is 12.3. The number of aromatic amines is 1. The van der Waals surface area contributed by atoms with Gasteiger partial charge in [-0.15, -0.1) is 0 Å². The van der Waals surface area contributed by atoms with E-state index in [1.54, 1.807) is 0 Å². The highest BCUT2D eigenvalue weighted by molar-refractivity contribution is 5.89. The summed E-state index contributed by atoms with van der Waals surface area (Å²) in [4.78, 5) is 22.4. The largest absolute Gasteiger partial charge is 0.361 e. The zero-order chi connectivity index (χ0) is 16.8. The van der Waals surface area contributed by atoms with E-state index in [1.807, 2.05) is 29.3 Å². The van der Waals surface area contributed by atoms with Crippen molar-refractivity contribution in [2.24, 2.45) is 0 Å². The molecular formula is C19H20N4O2. The van der Waals surface area contributed by atoms with Gasteiger partial charge in [-0.3, -0.25) is 4.79 Å². The lowest BCUT2D eigenvalue weighted by molar-refractivity contribution is -0.129. The van der Waals surface area contributed by atoms with Gasteiger partial charge < -0.3 is 14.4 Å². The third-order valence-corrected chi connectivity index (χ3v) is 5.31. The van der Waals surface area contributed by atoms with Gasteiger partial charge in [-0.1, -0.05) is 23.4 Å². The molecule has 128 valence electrons. The van der Waals surface area contributed by atoms with Gasteiger partial charge in [-0.05, 0) is 30.9 Å². The number of amides is 1. The molecule has 1 amide bonds. The Balaban J connectivity index is 1.26. The molecule has 6 heteroatoms. The molecule has 5 rings (SSSR count). The van der Waals surface area contributed by atoms with Crippen LogP contribution >= 0.6 is 0 Å². The number of hydrogen-bond acceptors (Lipinski definition) is 4. The van der Waals surface area contributed by atoms with Crippen LogP contribution in [0.25, 0.3) is 10.9 Å². The molecule has 2 aromatic heterocycles. The smallest absolute Gasteiger partial charge is 0.231 e. The maximum atomic E-state index is 12.7. The average molecular weight is 336 g/mol. The molecular weight excluding hydrogens is 316 g/mol. The second-order valence-corrected chi connectivity index (χ2v) is 7.13. The number of carbonyl (C=O) groups excluding carboxylic acids is 1. The van der Waals surface area contributed by atoms with E-state index in [-0.39, 0.29) is 11.8 Å². The molecule has 25 heavy (non-hydrogen) atoms. The van der Waals surface area contributed by atoms with Crippen molar-refractivity contribution in [3.05, 3.63) is 47.7 Å². The number of benzene rings is 1. The van der Waals surface area contributed by atoms with E-state index in [4.69, 9.17) is 4.52 Å². The number of nitrogens with zero attached hydrogens (tertiary/aromatic N) is 3. The van der Waals surface area contributed by atoms with Crippen LogP contribution in [0.15, 0.2) is 35.0 Å². The van der Waals surface area contributed by atoms with E-state index in [0.29, 0.717) is 24.8 Å². The summed E-state index contributed by atoms with van der Waals surface area (Å²) >= 11 is 0. The van der Waals surface area contributed by atoms with Crippen LogP contribution in [0, 0.1) is 0 Å². The van der Waals surface area contributed by atoms with E-state index < -0.39 is 0 Å². The van der Waals surface area contributed by atoms with E-state index in [9.17, 15) is 4.79 Å². The number of nitrogens with one attached hydrogen (secondary N) is 1. The second-order valence-electron chi connectivity index (χ2n) is 7.13.